The van der Waals surface area contributed by atoms with E-state index in [2.05, 4.69) is 25.6 Å². The number of carbonyl (C=O) groups excluding carboxylic acids is 1. The minimum Gasteiger partial charge on any atom is -0.331 e. The highest BCUT2D eigenvalue weighted by Gasteiger charge is 2.12. The van der Waals surface area contributed by atoms with Crippen LogP contribution in [0.1, 0.15) is 21.1 Å². The Bertz CT molecular complexity index is 875. The van der Waals surface area contributed by atoms with Crippen molar-refractivity contribution in [3.63, 3.8) is 0 Å². The maximum Gasteiger partial charge on any atom is 0.267 e. The molecule has 3 rings (SSSR count). The first-order valence-corrected chi connectivity index (χ1v) is 8.31. The van der Waals surface area contributed by atoms with Crippen molar-refractivity contribution in [2.75, 3.05) is 10.6 Å². The first-order chi connectivity index (χ1) is 11.5. The molecule has 0 radical (unpaired) electrons. The van der Waals surface area contributed by atoms with Gasteiger partial charge in [0, 0.05) is 17.6 Å². The third-order valence-corrected chi connectivity index (χ3v) is 4.26. The summed E-state index contributed by atoms with van der Waals surface area (Å²) < 4.78 is 0. The van der Waals surface area contributed by atoms with Crippen molar-refractivity contribution in [3.8, 4) is 0 Å². The Hall–Kier alpha value is -2.51. The fourth-order valence-electron chi connectivity index (χ4n) is 2.06. The molecule has 2 N–H and O–H groups in total. The lowest BCUT2D eigenvalue weighted by Crippen LogP contribution is -2.11. The van der Waals surface area contributed by atoms with E-state index in [-0.39, 0.29) is 5.91 Å². The predicted molar refractivity (Wildman–Crippen MR) is 96.3 cm³/mol. The van der Waals surface area contributed by atoms with Crippen molar-refractivity contribution in [1.29, 1.82) is 0 Å². The zero-order valence-corrected chi connectivity index (χ0v) is 14.6. The molecule has 0 aliphatic heterocycles. The SMILES string of the molecule is Cc1cc(Nc2ncc(C(=O)Nc3cccnc3C)s2)cc(Cl)n1. The van der Waals surface area contributed by atoms with Crippen molar-refractivity contribution in [1.82, 2.24) is 15.0 Å². The zero-order chi connectivity index (χ0) is 17.1. The quantitative estimate of drug-likeness (QED) is 0.682. The Labute approximate surface area is 148 Å². The molecule has 1 amide bonds. The van der Waals surface area contributed by atoms with Gasteiger partial charge in [-0.3, -0.25) is 9.78 Å². The summed E-state index contributed by atoms with van der Waals surface area (Å²) in [7, 11) is 0. The van der Waals surface area contributed by atoms with Gasteiger partial charge in [-0.05, 0) is 38.1 Å². The fourth-order valence-corrected chi connectivity index (χ4v) is 3.04. The number of hydrogen-bond donors (Lipinski definition) is 2. The standard InChI is InChI=1S/C16H14ClN5OS/c1-9-6-11(7-14(17)20-9)21-16-19-8-13(24-16)15(23)22-12-4-3-5-18-10(12)2/h3-8H,1-2H3,(H,22,23)(H,19,20,21). The van der Waals surface area contributed by atoms with E-state index in [0.717, 1.165) is 17.1 Å². The van der Waals surface area contributed by atoms with Crippen molar-refractivity contribution in [2.45, 2.75) is 13.8 Å². The van der Waals surface area contributed by atoms with Crippen LogP contribution in [-0.2, 0) is 0 Å². The van der Waals surface area contributed by atoms with Crippen LogP contribution >= 0.6 is 22.9 Å². The van der Waals surface area contributed by atoms with Crippen molar-refractivity contribution < 1.29 is 4.79 Å². The molecule has 3 heterocycles. The molecule has 0 spiro atoms. The summed E-state index contributed by atoms with van der Waals surface area (Å²) in [6, 6.07) is 7.14. The van der Waals surface area contributed by atoms with Crippen LogP contribution in [0, 0.1) is 13.8 Å². The molecule has 122 valence electrons. The average molecular weight is 360 g/mol. The second-order valence-corrected chi connectivity index (χ2v) is 6.48. The monoisotopic (exact) mass is 359 g/mol. The van der Waals surface area contributed by atoms with E-state index in [1.165, 1.54) is 17.5 Å². The van der Waals surface area contributed by atoms with E-state index in [9.17, 15) is 4.79 Å². The molecular formula is C16H14ClN5OS. The van der Waals surface area contributed by atoms with Gasteiger partial charge in [0.1, 0.15) is 10.0 Å². The lowest BCUT2D eigenvalue weighted by molar-refractivity contribution is 0.103. The highest BCUT2D eigenvalue weighted by atomic mass is 35.5. The summed E-state index contributed by atoms with van der Waals surface area (Å²) in [5, 5.41) is 6.96. The summed E-state index contributed by atoms with van der Waals surface area (Å²) in [4.78, 5) is 25.3. The molecule has 0 aromatic carbocycles. The van der Waals surface area contributed by atoms with Crippen molar-refractivity contribution in [2.24, 2.45) is 0 Å². The van der Waals surface area contributed by atoms with Crippen molar-refractivity contribution >= 4 is 45.4 Å². The maximum absolute atomic E-state index is 12.3. The highest BCUT2D eigenvalue weighted by molar-refractivity contribution is 7.17. The van der Waals surface area contributed by atoms with Gasteiger partial charge in [0.05, 0.1) is 17.6 Å². The van der Waals surface area contributed by atoms with Crippen LogP contribution in [-0.4, -0.2) is 20.9 Å². The fraction of sp³-hybridized carbons (Fsp3) is 0.125. The number of nitrogens with zero attached hydrogens (tertiary/aromatic N) is 3. The number of thiazole rings is 1. The molecule has 3 aromatic heterocycles. The van der Waals surface area contributed by atoms with E-state index in [1.54, 1.807) is 18.3 Å². The molecule has 0 fully saturated rings. The van der Waals surface area contributed by atoms with Gasteiger partial charge in [-0.2, -0.15) is 0 Å². The van der Waals surface area contributed by atoms with Gasteiger partial charge in [-0.25, -0.2) is 9.97 Å². The highest BCUT2D eigenvalue weighted by Crippen LogP contribution is 2.25. The van der Waals surface area contributed by atoms with E-state index < -0.39 is 0 Å². The van der Waals surface area contributed by atoms with E-state index >= 15 is 0 Å². The summed E-state index contributed by atoms with van der Waals surface area (Å²) in [6.45, 7) is 3.69. The first-order valence-electron chi connectivity index (χ1n) is 7.11. The minimum atomic E-state index is -0.222. The Morgan fingerprint density at radius 1 is 1.25 bits per heavy atom. The molecule has 0 unspecified atom stereocenters. The summed E-state index contributed by atoms with van der Waals surface area (Å²) >= 11 is 7.19. The number of rotatable bonds is 4. The Balaban J connectivity index is 1.73. The molecule has 0 bridgehead atoms. The number of amides is 1. The number of pyridine rings is 2. The largest absolute Gasteiger partial charge is 0.331 e. The van der Waals surface area contributed by atoms with Crippen LogP contribution in [0.4, 0.5) is 16.5 Å². The lowest BCUT2D eigenvalue weighted by Gasteiger charge is -2.05. The maximum atomic E-state index is 12.3. The number of nitrogens with one attached hydrogen (secondary N) is 2. The van der Waals surface area contributed by atoms with Gasteiger partial charge in [-0.15, -0.1) is 0 Å². The normalized spacial score (nSPS) is 10.5. The van der Waals surface area contributed by atoms with Crippen LogP contribution in [0.2, 0.25) is 5.15 Å². The number of hydrogen-bond acceptors (Lipinski definition) is 6. The Morgan fingerprint density at radius 2 is 2.08 bits per heavy atom. The van der Waals surface area contributed by atoms with Crippen LogP contribution in [0.25, 0.3) is 0 Å². The number of aryl methyl sites for hydroxylation is 2. The van der Waals surface area contributed by atoms with Crippen LogP contribution < -0.4 is 10.6 Å². The molecule has 6 nitrogen and oxygen atoms in total. The average Bonchev–Trinajstić information content (AvgIpc) is 2.97. The summed E-state index contributed by atoms with van der Waals surface area (Å²) in [6.07, 6.45) is 3.21. The van der Waals surface area contributed by atoms with Gasteiger partial charge < -0.3 is 10.6 Å². The van der Waals surface area contributed by atoms with Gasteiger partial charge in [0.2, 0.25) is 0 Å². The molecular weight excluding hydrogens is 346 g/mol. The summed E-state index contributed by atoms with van der Waals surface area (Å²) in [5.74, 6) is -0.222. The Kier molecular flexibility index (Phi) is 4.73. The lowest BCUT2D eigenvalue weighted by atomic mass is 10.3. The molecule has 24 heavy (non-hydrogen) atoms. The number of halogens is 1. The predicted octanol–water partition coefficient (Wildman–Crippen LogP) is 4.20. The van der Waals surface area contributed by atoms with Gasteiger partial charge in [0.25, 0.3) is 5.91 Å². The van der Waals surface area contributed by atoms with Gasteiger partial charge >= 0.3 is 0 Å². The minimum absolute atomic E-state index is 0.222. The number of carbonyl (C=O) groups is 1. The molecule has 0 saturated heterocycles. The molecule has 0 atom stereocenters. The topological polar surface area (TPSA) is 79.8 Å². The molecule has 3 aromatic rings. The zero-order valence-electron chi connectivity index (χ0n) is 13.0. The van der Waals surface area contributed by atoms with E-state index in [1.807, 2.05) is 26.0 Å². The van der Waals surface area contributed by atoms with E-state index in [0.29, 0.717) is 20.8 Å². The Morgan fingerprint density at radius 3 is 2.83 bits per heavy atom. The molecule has 0 saturated carbocycles. The second-order valence-electron chi connectivity index (χ2n) is 5.07. The van der Waals surface area contributed by atoms with E-state index in [4.69, 9.17) is 11.6 Å². The van der Waals surface area contributed by atoms with Crippen LogP contribution in [0.3, 0.4) is 0 Å². The molecule has 0 aliphatic rings. The van der Waals surface area contributed by atoms with Gasteiger partial charge in [0.15, 0.2) is 5.13 Å². The molecule has 0 aliphatic carbocycles. The number of anilines is 3. The number of aromatic nitrogens is 3. The van der Waals surface area contributed by atoms with Crippen LogP contribution in [0.15, 0.2) is 36.7 Å². The smallest absolute Gasteiger partial charge is 0.267 e. The van der Waals surface area contributed by atoms with Gasteiger partial charge in [-0.1, -0.05) is 22.9 Å². The third-order valence-electron chi connectivity index (χ3n) is 3.16. The molecule has 8 heteroatoms. The third kappa shape index (κ3) is 3.87. The second kappa shape index (κ2) is 6.94. The summed E-state index contributed by atoms with van der Waals surface area (Å²) in [5.41, 5.74) is 3.01. The van der Waals surface area contributed by atoms with Crippen LogP contribution in [0.5, 0.6) is 0 Å². The first kappa shape index (κ1) is 16.4. The van der Waals surface area contributed by atoms with Crippen molar-refractivity contribution in [3.05, 3.63) is 58.1 Å².